The second-order valence-corrected chi connectivity index (χ2v) is 5.82. The number of halogens is 1. The summed E-state index contributed by atoms with van der Waals surface area (Å²) in [6, 6.07) is 7.33. The van der Waals surface area contributed by atoms with Crippen molar-refractivity contribution >= 4 is 28.3 Å². The number of hydrogen-bond donors (Lipinski definition) is 2. The molecule has 1 aromatic heterocycles. The molecule has 3 N–H and O–H groups in total. The van der Waals surface area contributed by atoms with Crippen LogP contribution in [0.5, 0.6) is 0 Å². The molecular weight excluding hydrogens is 246 g/mol. The molecule has 0 amide bonds. The minimum Gasteiger partial charge on any atom is -0.384 e. The van der Waals surface area contributed by atoms with Crippen LogP contribution in [0.1, 0.15) is 32.0 Å². The van der Waals surface area contributed by atoms with Crippen LogP contribution < -0.4 is 5.73 Å². The zero-order chi connectivity index (χ0) is 13.5. The normalized spacial score (nSPS) is 11.8. The monoisotopic (exact) mass is 261 g/mol. The summed E-state index contributed by atoms with van der Waals surface area (Å²) in [5, 5.41) is 9.14. The number of hydrogen-bond acceptors (Lipinski definition) is 2. The number of nitrogens with zero attached hydrogens (tertiary/aromatic N) is 1. The van der Waals surface area contributed by atoms with E-state index < -0.39 is 0 Å². The highest BCUT2D eigenvalue weighted by atomic mass is 35.5. The van der Waals surface area contributed by atoms with Gasteiger partial charge in [-0.1, -0.05) is 32.4 Å². The van der Waals surface area contributed by atoms with Gasteiger partial charge in [-0.3, -0.25) is 10.4 Å². The van der Waals surface area contributed by atoms with Gasteiger partial charge >= 0.3 is 0 Å². The predicted octanol–water partition coefficient (Wildman–Crippen LogP) is 3.47. The van der Waals surface area contributed by atoms with E-state index in [0.29, 0.717) is 10.6 Å². The Morgan fingerprint density at radius 1 is 1.28 bits per heavy atom. The van der Waals surface area contributed by atoms with Gasteiger partial charge in [-0.05, 0) is 24.3 Å². The molecule has 0 spiro atoms. The third-order valence-electron chi connectivity index (χ3n) is 2.83. The zero-order valence-electron chi connectivity index (χ0n) is 10.7. The number of rotatable bonds is 1. The lowest BCUT2D eigenvalue weighted by atomic mass is 9.89. The minimum absolute atomic E-state index is 0.0372. The van der Waals surface area contributed by atoms with E-state index in [1.54, 1.807) is 12.1 Å². The van der Waals surface area contributed by atoms with Crippen LogP contribution in [-0.2, 0) is 5.41 Å². The van der Waals surface area contributed by atoms with Crippen molar-refractivity contribution in [3.05, 3.63) is 40.5 Å². The Labute approximate surface area is 111 Å². The molecule has 0 bridgehead atoms. The molecule has 0 saturated carbocycles. The molecule has 2 rings (SSSR count). The van der Waals surface area contributed by atoms with E-state index in [4.69, 9.17) is 22.7 Å². The Hall–Kier alpha value is -1.61. The van der Waals surface area contributed by atoms with Crippen molar-refractivity contribution in [1.29, 1.82) is 5.41 Å². The highest BCUT2D eigenvalue weighted by molar-refractivity contribution is 6.31. The van der Waals surface area contributed by atoms with Crippen LogP contribution in [0.25, 0.3) is 10.9 Å². The van der Waals surface area contributed by atoms with Gasteiger partial charge in [0.2, 0.25) is 0 Å². The molecule has 2 aromatic rings. The molecule has 0 unspecified atom stereocenters. The van der Waals surface area contributed by atoms with E-state index in [1.807, 2.05) is 12.1 Å². The van der Waals surface area contributed by atoms with Gasteiger partial charge in [0.15, 0.2) is 0 Å². The largest absolute Gasteiger partial charge is 0.384 e. The number of pyridine rings is 1. The van der Waals surface area contributed by atoms with E-state index >= 15 is 0 Å². The first-order valence-electron chi connectivity index (χ1n) is 5.74. The molecule has 3 nitrogen and oxygen atoms in total. The van der Waals surface area contributed by atoms with Crippen LogP contribution in [0.4, 0.5) is 0 Å². The van der Waals surface area contributed by atoms with E-state index in [1.165, 1.54) is 0 Å². The number of nitrogens with one attached hydrogen (secondary N) is 1. The number of amidine groups is 1. The van der Waals surface area contributed by atoms with Gasteiger partial charge in [0, 0.05) is 27.1 Å². The Kier molecular flexibility index (Phi) is 3.03. The van der Waals surface area contributed by atoms with Gasteiger partial charge in [0.25, 0.3) is 0 Å². The first-order chi connectivity index (χ1) is 8.29. The van der Waals surface area contributed by atoms with E-state index in [9.17, 15) is 0 Å². The number of benzene rings is 1. The van der Waals surface area contributed by atoms with Crippen molar-refractivity contribution < 1.29 is 0 Å². The molecular formula is C14H16ClN3. The number of fused-ring (bicyclic) bond motifs is 1. The van der Waals surface area contributed by atoms with Crippen LogP contribution in [-0.4, -0.2) is 10.8 Å². The highest BCUT2D eigenvalue weighted by Gasteiger charge is 2.18. The molecule has 0 aliphatic heterocycles. The summed E-state index contributed by atoms with van der Waals surface area (Å²) >= 11 is 5.99. The Morgan fingerprint density at radius 3 is 2.50 bits per heavy atom. The van der Waals surface area contributed by atoms with Gasteiger partial charge in [-0.25, -0.2) is 0 Å². The average molecular weight is 262 g/mol. The van der Waals surface area contributed by atoms with Crippen LogP contribution in [0.2, 0.25) is 5.02 Å². The fourth-order valence-electron chi connectivity index (χ4n) is 1.81. The van der Waals surface area contributed by atoms with Gasteiger partial charge in [-0.15, -0.1) is 0 Å². The molecule has 0 saturated heterocycles. The minimum atomic E-state index is -0.0853. The molecule has 1 aromatic carbocycles. The van der Waals surface area contributed by atoms with Crippen molar-refractivity contribution in [2.45, 2.75) is 26.2 Å². The van der Waals surface area contributed by atoms with Crippen molar-refractivity contribution in [2.24, 2.45) is 5.73 Å². The van der Waals surface area contributed by atoms with Crippen molar-refractivity contribution in [1.82, 2.24) is 4.98 Å². The van der Waals surface area contributed by atoms with Crippen molar-refractivity contribution in [2.75, 3.05) is 0 Å². The zero-order valence-corrected chi connectivity index (χ0v) is 11.5. The standard InChI is InChI=1S/C14H16ClN3/c1-14(2,3)12-7-10(13(16)17)9-6-8(15)4-5-11(9)18-12/h4-7H,1-3H3,(H3,16,17). The summed E-state index contributed by atoms with van der Waals surface area (Å²) in [7, 11) is 0. The quantitative estimate of drug-likeness (QED) is 0.610. The highest BCUT2D eigenvalue weighted by Crippen LogP contribution is 2.27. The number of nitrogens with two attached hydrogens (primary N) is 1. The molecule has 4 heteroatoms. The van der Waals surface area contributed by atoms with Crippen LogP contribution >= 0.6 is 11.6 Å². The maximum atomic E-state index is 7.70. The summed E-state index contributed by atoms with van der Waals surface area (Å²) in [4.78, 5) is 4.62. The fourth-order valence-corrected chi connectivity index (χ4v) is 1.98. The molecule has 18 heavy (non-hydrogen) atoms. The molecule has 1 heterocycles. The Morgan fingerprint density at radius 2 is 1.94 bits per heavy atom. The maximum Gasteiger partial charge on any atom is 0.123 e. The first-order valence-corrected chi connectivity index (χ1v) is 6.12. The summed E-state index contributed by atoms with van der Waals surface area (Å²) in [6.45, 7) is 6.25. The van der Waals surface area contributed by atoms with Crippen molar-refractivity contribution in [3.63, 3.8) is 0 Å². The van der Waals surface area contributed by atoms with Gasteiger partial charge in [-0.2, -0.15) is 0 Å². The lowest BCUT2D eigenvalue weighted by Crippen LogP contribution is -2.18. The summed E-state index contributed by atoms with van der Waals surface area (Å²) in [5.41, 5.74) is 7.99. The third kappa shape index (κ3) is 2.31. The van der Waals surface area contributed by atoms with E-state index in [2.05, 4.69) is 25.8 Å². The molecule has 94 valence electrons. The van der Waals surface area contributed by atoms with Gasteiger partial charge < -0.3 is 5.73 Å². The van der Waals surface area contributed by atoms with E-state index in [-0.39, 0.29) is 11.3 Å². The summed E-state index contributed by atoms with van der Waals surface area (Å²) < 4.78 is 0. The molecule has 0 aliphatic rings. The second-order valence-electron chi connectivity index (χ2n) is 5.38. The number of aromatic nitrogens is 1. The lowest BCUT2D eigenvalue weighted by Gasteiger charge is -2.19. The van der Waals surface area contributed by atoms with E-state index in [0.717, 1.165) is 16.6 Å². The van der Waals surface area contributed by atoms with Crippen LogP contribution in [0.3, 0.4) is 0 Å². The number of nitrogen functional groups attached to an aromatic ring is 1. The Balaban J connectivity index is 2.83. The molecule has 0 radical (unpaired) electrons. The lowest BCUT2D eigenvalue weighted by molar-refractivity contribution is 0.571. The van der Waals surface area contributed by atoms with Gasteiger partial charge in [0.05, 0.1) is 5.52 Å². The smallest absolute Gasteiger partial charge is 0.123 e. The maximum absolute atomic E-state index is 7.70. The van der Waals surface area contributed by atoms with Crippen LogP contribution in [0.15, 0.2) is 24.3 Å². The second kappa shape index (κ2) is 4.25. The van der Waals surface area contributed by atoms with Gasteiger partial charge in [0.1, 0.15) is 5.84 Å². The average Bonchev–Trinajstić information content (AvgIpc) is 2.25. The third-order valence-corrected chi connectivity index (χ3v) is 3.06. The van der Waals surface area contributed by atoms with Crippen LogP contribution in [0, 0.1) is 5.41 Å². The predicted molar refractivity (Wildman–Crippen MR) is 76.5 cm³/mol. The first kappa shape index (κ1) is 12.8. The SMILES string of the molecule is CC(C)(C)c1cc(C(=N)N)c2cc(Cl)ccc2n1. The summed E-state index contributed by atoms with van der Waals surface area (Å²) in [6.07, 6.45) is 0. The fraction of sp³-hybridized carbons (Fsp3) is 0.286. The molecule has 0 aliphatic carbocycles. The molecule has 0 atom stereocenters. The Bertz CT molecular complexity index is 627. The van der Waals surface area contributed by atoms with Crippen molar-refractivity contribution in [3.8, 4) is 0 Å². The summed E-state index contributed by atoms with van der Waals surface area (Å²) in [5.74, 6) is 0.0372. The topological polar surface area (TPSA) is 62.8 Å². The molecule has 0 fully saturated rings.